The predicted octanol–water partition coefficient (Wildman–Crippen LogP) is 8.35. The lowest BCUT2D eigenvalue weighted by molar-refractivity contribution is -0.140. The largest absolute Gasteiger partial charge is 0.507 e. The molecule has 1 heterocycles. The van der Waals surface area contributed by atoms with Crippen molar-refractivity contribution in [2.45, 2.75) is 145 Å². The minimum absolute atomic E-state index is 0.0712. The lowest BCUT2D eigenvalue weighted by atomic mass is 9.84. The number of phenolic OH excluding ortho intramolecular Hbond substituents is 1. The second-order valence-electron chi connectivity index (χ2n) is 13.2. The Morgan fingerprint density at radius 1 is 0.927 bits per heavy atom. The maximum Gasteiger partial charge on any atom is 0.327 e. The monoisotopic (exact) mass is 593 g/mol. The number of ether oxygens (including phenoxy) is 1. The molecule has 4 atom stereocenters. The third-order valence-electron chi connectivity index (χ3n) is 8.73. The molecule has 6 nitrogen and oxygen atoms in total. The van der Waals surface area contributed by atoms with Crippen molar-refractivity contribution in [1.82, 2.24) is 5.32 Å². The SMILES string of the molecule is CC(=O)N[C@@H](CS)C(=O)O.Cc1c(C)c2c(c(C)c1O)CC[C@@](C)(CCC[C@H](C)CCC[C@H](C)CCCC(C)C)O2. The number of aromatic hydroxyl groups is 1. The molecule has 0 saturated carbocycles. The Morgan fingerprint density at radius 3 is 1.93 bits per heavy atom. The molecule has 41 heavy (non-hydrogen) atoms. The van der Waals surface area contributed by atoms with Crippen molar-refractivity contribution in [3.8, 4) is 11.5 Å². The number of amides is 1. The van der Waals surface area contributed by atoms with Crippen LogP contribution in [0.4, 0.5) is 0 Å². The number of hydrogen-bond acceptors (Lipinski definition) is 5. The predicted molar refractivity (Wildman–Crippen MR) is 173 cm³/mol. The fourth-order valence-electron chi connectivity index (χ4n) is 5.70. The minimum atomic E-state index is -1.06. The maximum absolute atomic E-state index is 10.4. The Balaban J connectivity index is 0.000000716. The summed E-state index contributed by atoms with van der Waals surface area (Å²) < 4.78 is 6.60. The van der Waals surface area contributed by atoms with Crippen molar-refractivity contribution >= 4 is 24.5 Å². The standard InChI is InChI=1S/C29H50O2.C5H9NO3S/c1-20(2)12-9-13-21(3)14-10-15-22(4)16-11-18-29(8)19-17-26-25(7)27(30)23(5)24(6)28(26)31-29;1-3(7)6-4(2-10)5(8)9/h20-22,30H,9-19H2,1-8H3;4,10H,2H2,1H3,(H,6,7)(H,8,9)/t21-,22-,29-;4-/m10/s1. The zero-order valence-corrected chi connectivity index (χ0v) is 28.3. The first-order chi connectivity index (χ1) is 19.1. The van der Waals surface area contributed by atoms with Crippen LogP contribution in [0.1, 0.15) is 128 Å². The fourth-order valence-corrected chi connectivity index (χ4v) is 5.95. The van der Waals surface area contributed by atoms with E-state index in [4.69, 9.17) is 9.84 Å². The highest BCUT2D eigenvalue weighted by Crippen LogP contribution is 2.44. The molecule has 0 bridgehead atoms. The number of aliphatic carboxylic acids is 1. The van der Waals surface area contributed by atoms with Gasteiger partial charge in [-0.3, -0.25) is 4.79 Å². The summed E-state index contributed by atoms with van der Waals surface area (Å²) in [5.74, 6) is 2.72. The van der Waals surface area contributed by atoms with E-state index in [2.05, 4.69) is 59.5 Å². The van der Waals surface area contributed by atoms with Crippen molar-refractivity contribution in [2.75, 3.05) is 5.75 Å². The maximum atomic E-state index is 10.4. The molecular formula is C34H59NO5S. The molecule has 0 saturated heterocycles. The van der Waals surface area contributed by atoms with E-state index in [0.717, 1.165) is 59.5 Å². The van der Waals surface area contributed by atoms with Crippen LogP contribution in [-0.4, -0.2) is 39.5 Å². The van der Waals surface area contributed by atoms with Gasteiger partial charge < -0.3 is 20.3 Å². The number of carboxylic acids is 1. The number of carbonyl (C=O) groups is 2. The third kappa shape index (κ3) is 12.9. The average molecular weight is 594 g/mol. The van der Waals surface area contributed by atoms with Gasteiger partial charge in [-0.1, -0.05) is 72.6 Å². The number of carbonyl (C=O) groups excluding carboxylic acids is 1. The molecule has 0 aromatic heterocycles. The highest BCUT2D eigenvalue weighted by Gasteiger charge is 2.34. The van der Waals surface area contributed by atoms with Gasteiger partial charge in [0.1, 0.15) is 23.1 Å². The molecule has 0 unspecified atom stereocenters. The zero-order chi connectivity index (χ0) is 31.3. The molecule has 0 radical (unpaired) electrons. The summed E-state index contributed by atoms with van der Waals surface area (Å²) in [5.41, 5.74) is 4.23. The summed E-state index contributed by atoms with van der Waals surface area (Å²) in [5, 5.41) is 21.0. The molecule has 2 rings (SSSR count). The van der Waals surface area contributed by atoms with Gasteiger partial charge in [-0.2, -0.15) is 12.6 Å². The first-order valence-corrected chi connectivity index (χ1v) is 16.4. The lowest BCUT2D eigenvalue weighted by Gasteiger charge is -2.38. The van der Waals surface area contributed by atoms with Crippen LogP contribution >= 0.6 is 12.6 Å². The number of phenols is 1. The molecule has 3 N–H and O–H groups in total. The molecule has 236 valence electrons. The van der Waals surface area contributed by atoms with Crippen molar-refractivity contribution in [3.63, 3.8) is 0 Å². The Labute approximate surface area is 255 Å². The van der Waals surface area contributed by atoms with Crippen molar-refractivity contribution < 1.29 is 24.5 Å². The summed E-state index contributed by atoms with van der Waals surface area (Å²) in [4.78, 5) is 20.5. The second-order valence-corrected chi connectivity index (χ2v) is 13.6. The fraction of sp³-hybridized carbons (Fsp3) is 0.765. The first-order valence-electron chi connectivity index (χ1n) is 15.7. The number of benzene rings is 1. The topological polar surface area (TPSA) is 95.9 Å². The third-order valence-corrected chi connectivity index (χ3v) is 9.09. The van der Waals surface area contributed by atoms with E-state index < -0.39 is 12.0 Å². The molecule has 0 fully saturated rings. The molecule has 0 spiro atoms. The van der Waals surface area contributed by atoms with Gasteiger partial charge in [-0.15, -0.1) is 0 Å². The van der Waals surface area contributed by atoms with Crippen LogP contribution in [0.2, 0.25) is 0 Å². The highest BCUT2D eigenvalue weighted by atomic mass is 32.1. The molecule has 1 aliphatic heterocycles. The Kier molecular flexibility index (Phi) is 16.2. The molecule has 0 aliphatic carbocycles. The number of thiol groups is 1. The van der Waals surface area contributed by atoms with E-state index in [1.54, 1.807) is 0 Å². The van der Waals surface area contributed by atoms with Gasteiger partial charge in [-0.05, 0) is 87.8 Å². The molecule has 1 aromatic carbocycles. The smallest absolute Gasteiger partial charge is 0.327 e. The Morgan fingerprint density at radius 2 is 1.46 bits per heavy atom. The van der Waals surface area contributed by atoms with Crippen molar-refractivity contribution in [1.29, 1.82) is 0 Å². The summed E-state index contributed by atoms with van der Waals surface area (Å²) in [6, 6.07) is -0.874. The number of hydrogen-bond donors (Lipinski definition) is 4. The van der Waals surface area contributed by atoms with E-state index in [9.17, 15) is 14.7 Å². The van der Waals surface area contributed by atoms with E-state index in [1.165, 1.54) is 63.9 Å². The first kappa shape index (κ1) is 37.1. The summed E-state index contributed by atoms with van der Waals surface area (Å²) >= 11 is 3.73. The number of rotatable bonds is 15. The average Bonchev–Trinajstić information content (AvgIpc) is 2.89. The number of carboxylic acid groups (broad SMARTS) is 1. The van der Waals surface area contributed by atoms with E-state index in [1.807, 2.05) is 13.8 Å². The molecule has 1 aliphatic rings. The molecule has 7 heteroatoms. The van der Waals surface area contributed by atoms with Gasteiger partial charge in [0.05, 0.1) is 0 Å². The van der Waals surface area contributed by atoms with Gasteiger partial charge in [0.15, 0.2) is 0 Å². The van der Waals surface area contributed by atoms with Crippen LogP contribution in [0.15, 0.2) is 0 Å². The molecule has 1 amide bonds. The molecule has 1 aromatic rings. The lowest BCUT2D eigenvalue weighted by Crippen LogP contribution is -2.40. The molecular weight excluding hydrogens is 534 g/mol. The summed E-state index contributed by atoms with van der Waals surface area (Å²) in [6.07, 6.45) is 14.1. The van der Waals surface area contributed by atoms with E-state index in [0.29, 0.717) is 5.75 Å². The van der Waals surface area contributed by atoms with Crippen LogP contribution in [0, 0.1) is 38.5 Å². The van der Waals surface area contributed by atoms with Crippen LogP contribution in [0.25, 0.3) is 0 Å². The van der Waals surface area contributed by atoms with Crippen LogP contribution in [0.5, 0.6) is 11.5 Å². The quantitative estimate of drug-likeness (QED) is 0.153. The van der Waals surface area contributed by atoms with Gasteiger partial charge in [0.25, 0.3) is 0 Å². The van der Waals surface area contributed by atoms with E-state index >= 15 is 0 Å². The highest BCUT2D eigenvalue weighted by molar-refractivity contribution is 7.80. The van der Waals surface area contributed by atoms with Crippen LogP contribution < -0.4 is 10.1 Å². The Bertz CT molecular complexity index is 979. The van der Waals surface area contributed by atoms with Gasteiger partial charge in [0.2, 0.25) is 5.91 Å². The van der Waals surface area contributed by atoms with Gasteiger partial charge in [-0.25, -0.2) is 4.79 Å². The normalized spacial score (nSPS) is 18.4. The van der Waals surface area contributed by atoms with Gasteiger partial charge >= 0.3 is 5.97 Å². The number of nitrogens with one attached hydrogen (secondary N) is 1. The number of fused-ring (bicyclic) bond motifs is 1. The van der Waals surface area contributed by atoms with Crippen LogP contribution in [0.3, 0.4) is 0 Å². The zero-order valence-electron chi connectivity index (χ0n) is 27.4. The van der Waals surface area contributed by atoms with Crippen LogP contribution in [-0.2, 0) is 16.0 Å². The van der Waals surface area contributed by atoms with Crippen molar-refractivity contribution in [2.24, 2.45) is 17.8 Å². The minimum Gasteiger partial charge on any atom is -0.507 e. The summed E-state index contributed by atoms with van der Waals surface area (Å²) in [6.45, 7) is 19.2. The Hall–Kier alpha value is -1.89. The van der Waals surface area contributed by atoms with E-state index in [-0.39, 0.29) is 17.3 Å². The second kappa shape index (κ2) is 17.9. The van der Waals surface area contributed by atoms with Crippen molar-refractivity contribution in [3.05, 3.63) is 22.3 Å². The summed E-state index contributed by atoms with van der Waals surface area (Å²) in [7, 11) is 0. The van der Waals surface area contributed by atoms with Gasteiger partial charge in [0, 0.05) is 18.2 Å².